The van der Waals surface area contributed by atoms with Crippen molar-refractivity contribution in [2.24, 2.45) is 4.99 Å². The second kappa shape index (κ2) is 12.6. The topological polar surface area (TPSA) is 86.3 Å². The molecule has 0 aromatic carbocycles. The summed E-state index contributed by atoms with van der Waals surface area (Å²) in [5.74, 6) is 1.04. The molecule has 1 saturated carbocycles. The lowest BCUT2D eigenvalue weighted by atomic mass is 9.95. The van der Waals surface area contributed by atoms with Crippen LogP contribution in [0.25, 0.3) is 0 Å². The molecular formula is C20H36IN5O3. The Kier molecular flexibility index (Phi) is 10.5. The van der Waals surface area contributed by atoms with Gasteiger partial charge in [-0.1, -0.05) is 19.3 Å². The Labute approximate surface area is 191 Å². The van der Waals surface area contributed by atoms with Crippen molar-refractivity contribution in [1.82, 2.24) is 20.4 Å². The Morgan fingerprint density at radius 2 is 1.69 bits per heavy atom. The van der Waals surface area contributed by atoms with Crippen LogP contribution >= 0.6 is 24.0 Å². The van der Waals surface area contributed by atoms with E-state index in [1.807, 2.05) is 4.90 Å². The fourth-order valence-corrected chi connectivity index (χ4v) is 4.28. The lowest BCUT2D eigenvalue weighted by Crippen LogP contribution is -2.55. The highest BCUT2D eigenvalue weighted by molar-refractivity contribution is 14.0. The number of ether oxygens (including phenoxy) is 1. The highest BCUT2D eigenvalue weighted by Gasteiger charge is 2.30. The van der Waals surface area contributed by atoms with E-state index in [9.17, 15) is 9.59 Å². The van der Waals surface area contributed by atoms with E-state index in [0.717, 1.165) is 44.7 Å². The van der Waals surface area contributed by atoms with Gasteiger partial charge in [0.05, 0.1) is 0 Å². The number of halogens is 1. The van der Waals surface area contributed by atoms with Crippen molar-refractivity contribution in [2.45, 2.75) is 63.5 Å². The number of hydrogen-bond acceptors (Lipinski definition) is 4. The molecule has 3 fully saturated rings. The van der Waals surface area contributed by atoms with E-state index in [1.54, 1.807) is 7.05 Å². The van der Waals surface area contributed by atoms with Crippen LogP contribution < -0.4 is 10.6 Å². The van der Waals surface area contributed by atoms with Gasteiger partial charge in [-0.15, -0.1) is 24.0 Å². The van der Waals surface area contributed by atoms with Crippen LogP contribution in [0.3, 0.4) is 0 Å². The molecule has 9 heteroatoms. The minimum absolute atomic E-state index is 0. The van der Waals surface area contributed by atoms with Crippen LogP contribution in [0.15, 0.2) is 4.99 Å². The summed E-state index contributed by atoms with van der Waals surface area (Å²) in [5.41, 5.74) is 0. The molecule has 0 aromatic heterocycles. The number of piperazine rings is 1. The minimum Gasteiger partial charge on any atom is -0.368 e. The predicted octanol–water partition coefficient (Wildman–Crippen LogP) is 1.34. The maximum Gasteiger partial charge on any atom is 0.251 e. The Morgan fingerprint density at radius 1 is 1.00 bits per heavy atom. The maximum absolute atomic E-state index is 12.4. The van der Waals surface area contributed by atoms with Gasteiger partial charge in [0, 0.05) is 58.8 Å². The number of carbonyl (C=O) groups excluding carboxylic acids is 2. The lowest BCUT2D eigenvalue weighted by molar-refractivity contribution is -0.142. The molecule has 0 radical (unpaired) electrons. The summed E-state index contributed by atoms with van der Waals surface area (Å²) in [6, 6.07) is 0.357. The average molecular weight is 521 g/mol. The number of nitrogens with zero attached hydrogens (tertiary/aromatic N) is 3. The lowest BCUT2D eigenvalue weighted by Gasteiger charge is -2.37. The van der Waals surface area contributed by atoms with Crippen molar-refractivity contribution in [3.63, 3.8) is 0 Å². The molecule has 2 amide bonds. The molecular weight excluding hydrogens is 485 g/mol. The maximum atomic E-state index is 12.4. The van der Waals surface area contributed by atoms with E-state index >= 15 is 0 Å². The summed E-state index contributed by atoms with van der Waals surface area (Å²) in [4.78, 5) is 33.0. The van der Waals surface area contributed by atoms with E-state index in [1.165, 1.54) is 19.3 Å². The van der Waals surface area contributed by atoms with Crippen molar-refractivity contribution in [1.29, 1.82) is 0 Å². The Morgan fingerprint density at radius 3 is 2.31 bits per heavy atom. The summed E-state index contributed by atoms with van der Waals surface area (Å²) in [6.07, 6.45) is 7.96. The van der Waals surface area contributed by atoms with Crippen LogP contribution in [0.1, 0.15) is 51.4 Å². The number of aliphatic imine (C=N–C) groups is 1. The molecule has 3 aliphatic rings. The van der Waals surface area contributed by atoms with Crippen molar-refractivity contribution in [2.75, 3.05) is 46.4 Å². The number of carbonyl (C=O) groups is 2. The molecule has 0 bridgehead atoms. The largest absolute Gasteiger partial charge is 0.368 e. The zero-order chi connectivity index (χ0) is 19.8. The van der Waals surface area contributed by atoms with E-state index in [2.05, 4.69) is 20.5 Å². The first-order valence-corrected chi connectivity index (χ1v) is 10.8. The van der Waals surface area contributed by atoms with E-state index < -0.39 is 0 Å². The van der Waals surface area contributed by atoms with Gasteiger partial charge in [0.15, 0.2) is 5.96 Å². The quantitative estimate of drug-likeness (QED) is 0.324. The number of rotatable bonds is 5. The third-order valence-corrected chi connectivity index (χ3v) is 5.91. The van der Waals surface area contributed by atoms with Crippen molar-refractivity contribution < 1.29 is 14.3 Å². The third kappa shape index (κ3) is 7.27. The Bertz CT molecular complexity index is 554. The van der Waals surface area contributed by atoms with Gasteiger partial charge in [0.1, 0.15) is 6.10 Å². The normalized spacial score (nSPS) is 23.5. The van der Waals surface area contributed by atoms with Gasteiger partial charge in [0.25, 0.3) is 5.91 Å². The molecule has 1 aliphatic carbocycles. The van der Waals surface area contributed by atoms with Crippen molar-refractivity contribution in [3.05, 3.63) is 0 Å². The molecule has 2 saturated heterocycles. The third-order valence-electron chi connectivity index (χ3n) is 5.91. The highest BCUT2D eigenvalue weighted by Crippen LogP contribution is 2.17. The SMILES string of the molecule is CN=C(NCCC(=O)NC1CCCCC1)N1CCN(C(=O)C2CCCO2)CC1.I. The predicted molar refractivity (Wildman–Crippen MR) is 124 cm³/mol. The number of hydrogen-bond donors (Lipinski definition) is 2. The monoisotopic (exact) mass is 521 g/mol. The van der Waals surface area contributed by atoms with Gasteiger partial charge < -0.3 is 25.2 Å². The Hall–Kier alpha value is -1.10. The molecule has 0 aromatic rings. The zero-order valence-corrected chi connectivity index (χ0v) is 19.9. The van der Waals surface area contributed by atoms with Gasteiger partial charge in [-0.05, 0) is 25.7 Å². The van der Waals surface area contributed by atoms with E-state index in [4.69, 9.17) is 4.74 Å². The summed E-state index contributed by atoms with van der Waals surface area (Å²) < 4.78 is 5.51. The molecule has 29 heavy (non-hydrogen) atoms. The second-order valence-corrected chi connectivity index (χ2v) is 7.94. The first-order valence-electron chi connectivity index (χ1n) is 10.8. The summed E-state index contributed by atoms with van der Waals surface area (Å²) in [7, 11) is 1.76. The van der Waals surface area contributed by atoms with Crippen LogP contribution in [-0.2, 0) is 14.3 Å². The smallest absolute Gasteiger partial charge is 0.251 e. The number of amides is 2. The van der Waals surface area contributed by atoms with Crippen molar-refractivity contribution in [3.8, 4) is 0 Å². The van der Waals surface area contributed by atoms with E-state index in [-0.39, 0.29) is 41.9 Å². The van der Waals surface area contributed by atoms with Gasteiger partial charge in [0.2, 0.25) is 5.91 Å². The number of guanidine groups is 1. The van der Waals surface area contributed by atoms with E-state index in [0.29, 0.717) is 38.7 Å². The van der Waals surface area contributed by atoms with Gasteiger partial charge in [-0.3, -0.25) is 14.6 Å². The first-order chi connectivity index (χ1) is 13.7. The minimum atomic E-state index is -0.244. The van der Waals surface area contributed by atoms with Crippen LogP contribution in [0.5, 0.6) is 0 Å². The van der Waals surface area contributed by atoms with Gasteiger partial charge in [-0.2, -0.15) is 0 Å². The number of nitrogens with one attached hydrogen (secondary N) is 2. The standard InChI is InChI=1S/C20H35N5O3.HI/c1-21-20(22-10-9-18(26)23-16-6-3-2-4-7-16)25-13-11-24(12-14-25)19(27)17-8-5-15-28-17;/h16-17H,2-15H2,1H3,(H,21,22)(H,23,26);1H. The molecule has 1 atom stereocenters. The van der Waals surface area contributed by atoms with Crippen LogP contribution in [0.2, 0.25) is 0 Å². The second-order valence-electron chi connectivity index (χ2n) is 7.94. The summed E-state index contributed by atoms with van der Waals surface area (Å²) in [6.45, 7) is 4.11. The molecule has 8 nitrogen and oxygen atoms in total. The fourth-order valence-electron chi connectivity index (χ4n) is 4.28. The first kappa shape index (κ1) is 24.2. The summed E-state index contributed by atoms with van der Waals surface area (Å²) >= 11 is 0. The average Bonchev–Trinajstić information content (AvgIpc) is 3.26. The summed E-state index contributed by atoms with van der Waals surface area (Å²) in [5, 5.41) is 6.44. The molecule has 3 rings (SSSR count). The van der Waals surface area contributed by atoms with Crippen LogP contribution in [0.4, 0.5) is 0 Å². The molecule has 2 aliphatic heterocycles. The molecule has 1 unspecified atom stereocenters. The molecule has 166 valence electrons. The zero-order valence-electron chi connectivity index (χ0n) is 17.5. The fraction of sp³-hybridized carbons (Fsp3) is 0.850. The van der Waals surface area contributed by atoms with Gasteiger partial charge >= 0.3 is 0 Å². The van der Waals surface area contributed by atoms with Crippen LogP contribution in [0, 0.1) is 0 Å². The van der Waals surface area contributed by atoms with Gasteiger partial charge in [-0.25, -0.2) is 0 Å². The molecule has 0 spiro atoms. The molecule has 2 heterocycles. The Balaban J connectivity index is 0.00000300. The van der Waals surface area contributed by atoms with Crippen LogP contribution in [-0.4, -0.2) is 86.1 Å². The molecule has 2 N–H and O–H groups in total. The highest BCUT2D eigenvalue weighted by atomic mass is 127. The van der Waals surface area contributed by atoms with Crippen molar-refractivity contribution >= 4 is 41.8 Å².